The topological polar surface area (TPSA) is 101 Å². The monoisotopic (exact) mass is 362 g/mol. The summed E-state index contributed by atoms with van der Waals surface area (Å²) in [5.41, 5.74) is -1.80. The second-order valence-corrected chi connectivity index (χ2v) is 9.26. The first-order valence-corrected chi connectivity index (χ1v) is 9.81. The number of aliphatic hydroxyl groups excluding tert-OH is 4. The van der Waals surface area contributed by atoms with Gasteiger partial charge in [-0.15, -0.1) is 6.42 Å². The first-order chi connectivity index (χ1) is 12.2. The first kappa shape index (κ1) is 18.5. The second-order valence-electron chi connectivity index (χ2n) is 9.26. The molecular formula is C21H30O5. The Labute approximate surface area is 154 Å². The van der Waals surface area contributed by atoms with Gasteiger partial charge in [-0.1, -0.05) is 18.9 Å². The Hall–Kier alpha value is -0.900. The van der Waals surface area contributed by atoms with E-state index >= 15 is 0 Å². The van der Waals surface area contributed by atoms with Crippen molar-refractivity contribution in [2.45, 2.75) is 69.4 Å². The van der Waals surface area contributed by atoms with Gasteiger partial charge in [-0.25, -0.2) is 0 Å². The van der Waals surface area contributed by atoms with Gasteiger partial charge in [-0.2, -0.15) is 0 Å². The van der Waals surface area contributed by atoms with E-state index in [0.29, 0.717) is 25.2 Å². The molecule has 3 saturated carbocycles. The smallest absolute Gasteiger partial charge is 0.158 e. The standard InChI is InChI=1S/C21H30O5/c1-3-21(26)17(24)10-15-12-4-5-14-18(25)16(23)7-8-19(14,2)13(12)6-9-20(15,21)11-22/h1,5,12-13,15-18,22-26H,4,6-11H2,2H3/t12-,13+,15+,16+,17+,18+,19-,20-,21+/m1/s1. The van der Waals surface area contributed by atoms with E-state index in [1.807, 2.05) is 0 Å². The maximum Gasteiger partial charge on any atom is 0.158 e. The van der Waals surface area contributed by atoms with E-state index in [4.69, 9.17) is 6.42 Å². The van der Waals surface area contributed by atoms with Crippen LogP contribution in [0.2, 0.25) is 0 Å². The zero-order valence-electron chi connectivity index (χ0n) is 15.3. The van der Waals surface area contributed by atoms with E-state index in [9.17, 15) is 25.5 Å². The molecule has 3 fully saturated rings. The zero-order chi connectivity index (χ0) is 18.9. The van der Waals surface area contributed by atoms with Gasteiger partial charge in [0.25, 0.3) is 0 Å². The Morgan fingerprint density at radius 1 is 1.19 bits per heavy atom. The predicted molar refractivity (Wildman–Crippen MR) is 95.7 cm³/mol. The number of fused-ring (bicyclic) bond motifs is 5. The summed E-state index contributed by atoms with van der Waals surface area (Å²) in [4.78, 5) is 0. The van der Waals surface area contributed by atoms with E-state index in [-0.39, 0.29) is 23.9 Å². The van der Waals surface area contributed by atoms with Crippen molar-refractivity contribution in [3.8, 4) is 12.3 Å². The van der Waals surface area contributed by atoms with Crippen LogP contribution in [0.5, 0.6) is 0 Å². The van der Waals surface area contributed by atoms with Crippen molar-refractivity contribution in [1.82, 2.24) is 0 Å². The van der Waals surface area contributed by atoms with E-state index < -0.39 is 29.3 Å². The van der Waals surface area contributed by atoms with Gasteiger partial charge in [0.1, 0.15) is 6.10 Å². The molecule has 5 nitrogen and oxygen atoms in total. The van der Waals surface area contributed by atoms with E-state index in [0.717, 1.165) is 24.8 Å². The lowest BCUT2D eigenvalue weighted by atomic mass is 9.46. The van der Waals surface area contributed by atoms with E-state index in [1.54, 1.807) is 0 Å². The highest BCUT2D eigenvalue weighted by Crippen LogP contribution is 2.67. The molecule has 0 amide bonds. The molecule has 0 aromatic heterocycles. The van der Waals surface area contributed by atoms with Gasteiger partial charge in [-0.05, 0) is 67.3 Å². The SMILES string of the molecule is C#C[C@]1(O)[C@@H](O)C[C@H]2[C@@H]3CC=C4[C@H](O)[C@@H](O)CC[C@]4(C)[C@H]3CC[C@@]21CO. The molecule has 0 unspecified atom stereocenters. The molecule has 0 aliphatic heterocycles. The zero-order valence-corrected chi connectivity index (χ0v) is 15.3. The summed E-state index contributed by atoms with van der Waals surface area (Å²) in [6, 6.07) is 0. The van der Waals surface area contributed by atoms with Crippen LogP contribution in [0.4, 0.5) is 0 Å². The molecule has 0 aromatic carbocycles. The molecule has 0 saturated heterocycles. The van der Waals surface area contributed by atoms with Gasteiger partial charge in [0.15, 0.2) is 5.60 Å². The summed E-state index contributed by atoms with van der Waals surface area (Å²) < 4.78 is 0. The normalized spacial score (nSPS) is 56.0. The van der Waals surface area contributed by atoms with Crippen LogP contribution in [0.15, 0.2) is 11.6 Å². The van der Waals surface area contributed by atoms with Gasteiger partial charge in [-0.3, -0.25) is 0 Å². The Bertz CT molecular complexity index is 668. The molecule has 26 heavy (non-hydrogen) atoms. The molecule has 0 radical (unpaired) electrons. The van der Waals surface area contributed by atoms with Gasteiger partial charge >= 0.3 is 0 Å². The van der Waals surface area contributed by atoms with Crippen molar-refractivity contribution in [2.24, 2.45) is 28.6 Å². The highest BCUT2D eigenvalue weighted by Gasteiger charge is 2.69. The van der Waals surface area contributed by atoms with Crippen molar-refractivity contribution >= 4 is 0 Å². The van der Waals surface area contributed by atoms with Gasteiger partial charge < -0.3 is 25.5 Å². The number of allylic oxidation sites excluding steroid dienone is 1. The van der Waals surface area contributed by atoms with Crippen LogP contribution >= 0.6 is 0 Å². The molecule has 4 aliphatic carbocycles. The summed E-state index contributed by atoms with van der Waals surface area (Å²) in [5.74, 6) is 2.85. The summed E-state index contributed by atoms with van der Waals surface area (Å²) in [7, 11) is 0. The van der Waals surface area contributed by atoms with Crippen molar-refractivity contribution in [2.75, 3.05) is 6.61 Å². The average molecular weight is 362 g/mol. The fraction of sp³-hybridized carbons (Fsp3) is 0.810. The van der Waals surface area contributed by atoms with Crippen LogP contribution in [0, 0.1) is 40.9 Å². The maximum atomic E-state index is 11.0. The molecular weight excluding hydrogens is 332 g/mol. The molecule has 0 heterocycles. The Morgan fingerprint density at radius 3 is 2.58 bits per heavy atom. The van der Waals surface area contributed by atoms with Crippen molar-refractivity contribution < 1.29 is 25.5 Å². The molecule has 0 spiro atoms. The Morgan fingerprint density at radius 2 is 1.92 bits per heavy atom. The minimum atomic E-state index is -1.69. The van der Waals surface area contributed by atoms with Gasteiger partial charge in [0, 0.05) is 5.41 Å². The van der Waals surface area contributed by atoms with Crippen LogP contribution in [0.25, 0.3) is 0 Å². The summed E-state index contributed by atoms with van der Waals surface area (Å²) >= 11 is 0. The third kappa shape index (κ3) is 2.00. The largest absolute Gasteiger partial charge is 0.396 e. The van der Waals surface area contributed by atoms with Crippen molar-refractivity contribution in [3.63, 3.8) is 0 Å². The third-order valence-corrected chi connectivity index (χ3v) is 8.60. The van der Waals surface area contributed by atoms with Gasteiger partial charge in [0.2, 0.25) is 0 Å². The average Bonchev–Trinajstić information content (AvgIpc) is 2.87. The molecule has 4 rings (SSSR count). The molecule has 5 heteroatoms. The first-order valence-electron chi connectivity index (χ1n) is 9.81. The van der Waals surface area contributed by atoms with Crippen LogP contribution < -0.4 is 0 Å². The van der Waals surface area contributed by atoms with Crippen LogP contribution in [-0.4, -0.2) is 56.1 Å². The molecule has 0 aromatic rings. The third-order valence-electron chi connectivity index (χ3n) is 8.60. The highest BCUT2D eigenvalue weighted by molar-refractivity contribution is 5.32. The second kappa shape index (κ2) is 5.80. The summed E-state index contributed by atoms with van der Waals surface area (Å²) in [6.07, 6.45) is 8.99. The molecule has 4 aliphatic rings. The van der Waals surface area contributed by atoms with E-state index in [1.165, 1.54) is 0 Å². The number of aliphatic hydroxyl groups is 5. The van der Waals surface area contributed by atoms with Crippen LogP contribution in [-0.2, 0) is 0 Å². The quantitative estimate of drug-likeness (QED) is 0.347. The lowest BCUT2D eigenvalue weighted by Gasteiger charge is -2.59. The lowest BCUT2D eigenvalue weighted by Crippen LogP contribution is -2.59. The number of hydrogen-bond donors (Lipinski definition) is 5. The highest BCUT2D eigenvalue weighted by atomic mass is 16.3. The fourth-order valence-electron chi connectivity index (χ4n) is 7.11. The minimum absolute atomic E-state index is 0.0547. The minimum Gasteiger partial charge on any atom is -0.396 e. The van der Waals surface area contributed by atoms with E-state index in [2.05, 4.69) is 18.9 Å². The molecule has 144 valence electrons. The molecule has 0 bridgehead atoms. The molecule has 9 atom stereocenters. The molecule has 5 N–H and O–H groups in total. The number of hydrogen-bond acceptors (Lipinski definition) is 5. The van der Waals surface area contributed by atoms with Crippen LogP contribution in [0.3, 0.4) is 0 Å². The summed E-state index contributed by atoms with van der Waals surface area (Å²) in [5, 5.41) is 52.4. The Balaban J connectivity index is 1.75. The van der Waals surface area contributed by atoms with Crippen molar-refractivity contribution in [1.29, 1.82) is 0 Å². The van der Waals surface area contributed by atoms with Crippen molar-refractivity contribution in [3.05, 3.63) is 11.6 Å². The number of rotatable bonds is 1. The lowest BCUT2D eigenvalue weighted by molar-refractivity contribution is -0.150. The fourth-order valence-corrected chi connectivity index (χ4v) is 7.11. The predicted octanol–water partition coefficient (Wildman–Crippen LogP) is 0.588. The van der Waals surface area contributed by atoms with Crippen LogP contribution in [0.1, 0.15) is 45.4 Å². The number of terminal acetylenes is 1. The van der Waals surface area contributed by atoms with Gasteiger partial charge in [0.05, 0.1) is 18.8 Å². The maximum absolute atomic E-state index is 11.0. The summed E-state index contributed by atoms with van der Waals surface area (Å²) in [6.45, 7) is 1.95. The Kier molecular flexibility index (Phi) is 4.12.